The Kier molecular flexibility index (Phi) is 3.47. The van der Waals surface area contributed by atoms with Crippen LogP contribution in [0.3, 0.4) is 0 Å². The van der Waals surface area contributed by atoms with Gasteiger partial charge in [0, 0.05) is 17.4 Å². The van der Waals surface area contributed by atoms with E-state index in [4.69, 9.17) is 4.42 Å². The molecule has 0 aliphatic rings. The molecule has 2 heterocycles. The predicted octanol–water partition coefficient (Wildman–Crippen LogP) is 3.30. The van der Waals surface area contributed by atoms with Crippen LogP contribution in [0.1, 0.15) is 16.2 Å². The van der Waals surface area contributed by atoms with E-state index in [1.807, 2.05) is 37.3 Å². The molecule has 0 atom stereocenters. The first-order valence-electron chi connectivity index (χ1n) is 6.46. The third-order valence-electron chi connectivity index (χ3n) is 2.98. The van der Waals surface area contributed by atoms with Crippen molar-refractivity contribution in [2.24, 2.45) is 0 Å². The molecule has 1 amide bonds. The molecule has 0 radical (unpaired) electrons. The molecule has 1 N–H and O–H groups in total. The van der Waals surface area contributed by atoms with E-state index in [0.717, 1.165) is 11.3 Å². The second-order valence-corrected chi connectivity index (χ2v) is 4.54. The van der Waals surface area contributed by atoms with E-state index < -0.39 is 0 Å². The maximum atomic E-state index is 12.0. The number of amides is 1. The fourth-order valence-corrected chi connectivity index (χ4v) is 1.97. The predicted molar refractivity (Wildman–Crippen MR) is 78.9 cm³/mol. The average Bonchev–Trinajstić information content (AvgIpc) is 3.02. The van der Waals surface area contributed by atoms with Crippen molar-refractivity contribution in [3.8, 4) is 11.3 Å². The van der Waals surface area contributed by atoms with E-state index >= 15 is 0 Å². The number of carbonyl (C=O) groups excluding carboxylic acids is 1. The minimum atomic E-state index is -0.209. The number of aryl methyl sites for hydroxylation is 1. The quantitative estimate of drug-likeness (QED) is 0.798. The molecule has 0 saturated heterocycles. The smallest absolute Gasteiger partial charge is 0.258 e. The molecule has 0 saturated carbocycles. The summed E-state index contributed by atoms with van der Waals surface area (Å²) >= 11 is 0. The molecule has 21 heavy (non-hydrogen) atoms. The van der Waals surface area contributed by atoms with Crippen molar-refractivity contribution in [1.82, 2.24) is 9.97 Å². The van der Waals surface area contributed by atoms with Crippen LogP contribution in [0.15, 0.2) is 59.5 Å². The lowest BCUT2D eigenvalue weighted by Crippen LogP contribution is -2.10. The van der Waals surface area contributed by atoms with Gasteiger partial charge in [-0.3, -0.25) is 4.79 Å². The Morgan fingerprint density at radius 3 is 2.90 bits per heavy atom. The minimum Gasteiger partial charge on any atom is -0.472 e. The molecule has 1 aromatic carbocycles. The van der Waals surface area contributed by atoms with E-state index in [9.17, 15) is 4.79 Å². The fraction of sp³-hybridized carbons (Fsp3) is 0.0625. The highest BCUT2D eigenvalue weighted by Crippen LogP contribution is 2.21. The molecule has 104 valence electrons. The van der Waals surface area contributed by atoms with Gasteiger partial charge in [-0.25, -0.2) is 9.97 Å². The van der Waals surface area contributed by atoms with Gasteiger partial charge in [0.1, 0.15) is 12.1 Å². The molecule has 2 aromatic heterocycles. The molecule has 0 unspecified atom stereocenters. The van der Waals surface area contributed by atoms with Gasteiger partial charge in [0.25, 0.3) is 5.91 Å². The summed E-state index contributed by atoms with van der Waals surface area (Å²) in [5.74, 6) is 0.500. The fourth-order valence-electron chi connectivity index (χ4n) is 1.97. The molecule has 3 rings (SSSR count). The monoisotopic (exact) mass is 279 g/mol. The van der Waals surface area contributed by atoms with Crippen LogP contribution in [0.4, 0.5) is 5.69 Å². The molecule has 0 aliphatic heterocycles. The average molecular weight is 279 g/mol. The number of aromatic nitrogens is 2. The van der Waals surface area contributed by atoms with Gasteiger partial charge in [-0.15, -0.1) is 0 Å². The summed E-state index contributed by atoms with van der Waals surface area (Å²) in [5, 5.41) is 2.83. The number of anilines is 1. The maximum absolute atomic E-state index is 12.0. The topological polar surface area (TPSA) is 68.0 Å². The van der Waals surface area contributed by atoms with Crippen LogP contribution in [-0.2, 0) is 0 Å². The van der Waals surface area contributed by atoms with Crippen molar-refractivity contribution in [3.05, 3.63) is 66.5 Å². The zero-order chi connectivity index (χ0) is 14.7. The Hall–Kier alpha value is -2.95. The number of carbonyl (C=O) groups is 1. The Morgan fingerprint density at radius 1 is 1.24 bits per heavy atom. The number of furan rings is 1. The van der Waals surface area contributed by atoms with Gasteiger partial charge < -0.3 is 9.73 Å². The van der Waals surface area contributed by atoms with Crippen LogP contribution >= 0.6 is 0 Å². The second kappa shape index (κ2) is 5.58. The van der Waals surface area contributed by atoms with E-state index in [0.29, 0.717) is 17.1 Å². The van der Waals surface area contributed by atoms with Crippen LogP contribution in [0, 0.1) is 6.92 Å². The molecule has 0 spiro atoms. The van der Waals surface area contributed by atoms with Crippen LogP contribution in [0.5, 0.6) is 0 Å². The summed E-state index contributed by atoms with van der Waals surface area (Å²) in [4.78, 5) is 20.4. The van der Waals surface area contributed by atoms with Gasteiger partial charge >= 0.3 is 0 Å². The number of hydrogen-bond donors (Lipinski definition) is 1. The zero-order valence-corrected chi connectivity index (χ0v) is 11.4. The third-order valence-corrected chi connectivity index (χ3v) is 2.98. The Bertz CT molecular complexity index is 767. The molecular weight excluding hydrogens is 266 g/mol. The highest BCUT2D eigenvalue weighted by atomic mass is 16.3. The second-order valence-electron chi connectivity index (χ2n) is 4.54. The van der Waals surface area contributed by atoms with Crippen LogP contribution in [0.25, 0.3) is 11.3 Å². The van der Waals surface area contributed by atoms with E-state index in [2.05, 4.69) is 15.3 Å². The summed E-state index contributed by atoms with van der Waals surface area (Å²) in [6.07, 6.45) is 4.59. The first-order valence-corrected chi connectivity index (χ1v) is 6.46. The normalized spacial score (nSPS) is 10.3. The van der Waals surface area contributed by atoms with Crippen molar-refractivity contribution in [3.63, 3.8) is 0 Å². The largest absolute Gasteiger partial charge is 0.472 e. The molecule has 3 aromatic rings. The number of hydrogen-bond acceptors (Lipinski definition) is 4. The first-order chi connectivity index (χ1) is 10.2. The molecule has 0 fully saturated rings. The maximum Gasteiger partial charge on any atom is 0.258 e. The van der Waals surface area contributed by atoms with Crippen molar-refractivity contribution in [2.45, 2.75) is 6.92 Å². The van der Waals surface area contributed by atoms with E-state index in [1.54, 1.807) is 12.3 Å². The SMILES string of the molecule is Cc1nccc(-c2cccc(NC(=O)c3ccoc3)c2)n1. The van der Waals surface area contributed by atoms with E-state index in [1.165, 1.54) is 12.5 Å². The number of benzene rings is 1. The summed E-state index contributed by atoms with van der Waals surface area (Å²) in [7, 11) is 0. The number of nitrogens with zero attached hydrogens (tertiary/aromatic N) is 2. The number of nitrogens with one attached hydrogen (secondary N) is 1. The van der Waals surface area contributed by atoms with Gasteiger partial charge in [0.15, 0.2) is 0 Å². The summed E-state index contributed by atoms with van der Waals surface area (Å²) in [5.41, 5.74) is 2.93. The lowest BCUT2D eigenvalue weighted by molar-refractivity contribution is 0.102. The molecule has 0 bridgehead atoms. The summed E-state index contributed by atoms with van der Waals surface area (Å²) in [6, 6.07) is 11.0. The van der Waals surface area contributed by atoms with Crippen LogP contribution in [-0.4, -0.2) is 15.9 Å². The highest BCUT2D eigenvalue weighted by molar-refractivity contribution is 6.04. The van der Waals surface area contributed by atoms with Crippen molar-refractivity contribution >= 4 is 11.6 Å². The van der Waals surface area contributed by atoms with E-state index in [-0.39, 0.29) is 5.91 Å². The molecule has 5 nitrogen and oxygen atoms in total. The van der Waals surface area contributed by atoms with Crippen molar-refractivity contribution < 1.29 is 9.21 Å². The summed E-state index contributed by atoms with van der Waals surface area (Å²) in [6.45, 7) is 1.84. The van der Waals surface area contributed by atoms with Gasteiger partial charge in [-0.05, 0) is 31.2 Å². The van der Waals surface area contributed by atoms with Gasteiger partial charge in [0.2, 0.25) is 0 Å². The molecule has 5 heteroatoms. The lowest BCUT2D eigenvalue weighted by atomic mass is 10.1. The standard InChI is InChI=1S/C16H13N3O2/c1-11-17-7-5-15(18-11)12-3-2-4-14(9-12)19-16(20)13-6-8-21-10-13/h2-10H,1H3,(H,19,20). The van der Waals surface area contributed by atoms with Gasteiger partial charge in [-0.2, -0.15) is 0 Å². The third kappa shape index (κ3) is 2.97. The summed E-state index contributed by atoms with van der Waals surface area (Å²) < 4.78 is 4.90. The molecule has 0 aliphatic carbocycles. The Labute approximate surface area is 121 Å². The minimum absolute atomic E-state index is 0.209. The highest BCUT2D eigenvalue weighted by Gasteiger charge is 2.08. The molecular formula is C16H13N3O2. The van der Waals surface area contributed by atoms with Gasteiger partial charge in [-0.1, -0.05) is 12.1 Å². The van der Waals surface area contributed by atoms with Crippen LogP contribution in [0.2, 0.25) is 0 Å². The van der Waals surface area contributed by atoms with Gasteiger partial charge in [0.05, 0.1) is 17.5 Å². The lowest BCUT2D eigenvalue weighted by Gasteiger charge is -2.06. The van der Waals surface area contributed by atoms with Crippen molar-refractivity contribution in [1.29, 1.82) is 0 Å². The zero-order valence-electron chi connectivity index (χ0n) is 11.4. The Balaban J connectivity index is 1.85. The number of rotatable bonds is 3. The first kappa shape index (κ1) is 13.1. The van der Waals surface area contributed by atoms with Crippen molar-refractivity contribution in [2.75, 3.05) is 5.32 Å². The Morgan fingerprint density at radius 2 is 2.14 bits per heavy atom. The van der Waals surface area contributed by atoms with Crippen LogP contribution < -0.4 is 5.32 Å².